The van der Waals surface area contributed by atoms with E-state index in [4.69, 9.17) is 0 Å². The first-order valence-electron chi connectivity index (χ1n) is 11.7. The Bertz CT molecular complexity index is 1460. The number of carbonyl (C=O) groups is 1. The van der Waals surface area contributed by atoms with Gasteiger partial charge in [0.05, 0.1) is 0 Å². The molecule has 0 saturated heterocycles. The molecule has 0 rings (SSSR count). The minimum absolute atomic E-state index is 0.101. The van der Waals surface area contributed by atoms with Crippen LogP contribution in [-0.2, 0) is 9.53 Å². The normalized spacial score (nSPS) is 16.7. The Kier molecular flexibility index (Phi) is 12.0. The molecule has 35 heteroatoms. The van der Waals surface area contributed by atoms with Crippen molar-refractivity contribution in [1.29, 1.82) is 0 Å². The lowest BCUT2D eigenvalue weighted by molar-refractivity contribution is -0.493. The second-order valence-electron chi connectivity index (χ2n) is 10.2. The van der Waals surface area contributed by atoms with Gasteiger partial charge < -0.3 is 4.74 Å². The van der Waals surface area contributed by atoms with Crippen molar-refractivity contribution in [3.05, 3.63) is 12.2 Å². The Morgan fingerprint density at radius 1 is 0.309 bits per heavy atom. The molecule has 0 aromatic heterocycles. The molecule has 0 radical (unpaired) electrons. The van der Waals surface area contributed by atoms with Crippen molar-refractivity contribution in [3.63, 3.8) is 0 Å². The van der Waals surface area contributed by atoms with E-state index in [0.717, 1.165) is 0 Å². The third-order valence-corrected chi connectivity index (χ3v) is 6.42. The van der Waals surface area contributed by atoms with Gasteiger partial charge in [-0.15, -0.1) is 0 Å². The van der Waals surface area contributed by atoms with E-state index in [2.05, 4.69) is 11.3 Å². The molecule has 0 bridgehead atoms. The van der Waals surface area contributed by atoms with Gasteiger partial charge in [-0.2, -0.15) is 145 Å². The Morgan fingerprint density at radius 2 is 0.455 bits per heavy atom. The second kappa shape index (κ2) is 12.7. The zero-order valence-electron chi connectivity index (χ0n) is 24.0. The number of rotatable bonds is 16. The molecule has 0 amide bonds. The van der Waals surface area contributed by atoms with Crippen LogP contribution in [0.4, 0.5) is 145 Å². The minimum atomic E-state index is -10.3. The molecule has 2 nitrogen and oxygen atoms in total. The standard InChI is InChI=1S/C20H5F33O2/c1-3(2)4(54)55-20(52,53)18(47,48)16(43,44)14(39,40)12(35,36)10(31,32)8(27,28)6(23,24)5(21,22)7(25,26)9(29,30)11(33,34)13(37,38)15(41,42)17(45,46)19(49,50)51/h1H2,2H3. The van der Waals surface area contributed by atoms with E-state index in [-0.39, 0.29) is 6.92 Å². The van der Waals surface area contributed by atoms with E-state index in [1.807, 2.05) is 0 Å². The lowest BCUT2D eigenvalue weighted by Crippen LogP contribution is -2.80. The number of ether oxygens (including phenoxy) is 1. The van der Waals surface area contributed by atoms with Crippen LogP contribution in [-0.4, -0.2) is 101 Å². The highest BCUT2D eigenvalue weighted by Gasteiger charge is 3.02. The lowest BCUT2D eigenvalue weighted by atomic mass is 9.83. The van der Waals surface area contributed by atoms with E-state index in [1.165, 1.54) is 0 Å². The van der Waals surface area contributed by atoms with Crippen LogP contribution in [0, 0.1) is 0 Å². The van der Waals surface area contributed by atoms with Crippen molar-refractivity contribution in [3.8, 4) is 0 Å². The van der Waals surface area contributed by atoms with Gasteiger partial charge in [0.1, 0.15) is 0 Å². The summed E-state index contributed by atoms with van der Waals surface area (Å²) < 4.78 is 447. The molecule has 0 aromatic rings. The topological polar surface area (TPSA) is 26.3 Å². The minimum Gasteiger partial charge on any atom is -0.393 e. The average molecular weight is 904 g/mol. The summed E-state index contributed by atoms with van der Waals surface area (Å²) in [6.07, 6.45) is -16.2. The summed E-state index contributed by atoms with van der Waals surface area (Å²) in [6.45, 7) is 2.35. The first kappa shape index (κ1) is 51.9. The molecule has 55 heavy (non-hydrogen) atoms. The summed E-state index contributed by atoms with van der Waals surface area (Å²) in [5.74, 6) is -140. The molecule has 0 unspecified atom stereocenters. The van der Waals surface area contributed by atoms with Gasteiger partial charge in [0.25, 0.3) is 0 Å². The van der Waals surface area contributed by atoms with Crippen LogP contribution in [0.1, 0.15) is 6.92 Å². The summed E-state index contributed by atoms with van der Waals surface area (Å²) in [5.41, 5.74) is -1.65. The van der Waals surface area contributed by atoms with Crippen molar-refractivity contribution in [2.75, 3.05) is 0 Å². The molecule has 0 heterocycles. The number of carbonyl (C=O) groups excluding carboxylic acids is 1. The van der Waals surface area contributed by atoms with E-state index < -0.39 is 107 Å². The van der Waals surface area contributed by atoms with Crippen molar-refractivity contribution >= 4 is 5.97 Å². The molecular formula is C20H5F33O2. The molecular weight excluding hydrogens is 899 g/mol. The van der Waals surface area contributed by atoms with Gasteiger partial charge in [0.15, 0.2) is 0 Å². The zero-order chi connectivity index (χ0) is 45.9. The summed E-state index contributed by atoms with van der Waals surface area (Å²) in [4.78, 5) is 10.9. The predicted molar refractivity (Wildman–Crippen MR) is 101 cm³/mol. The third-order valence-electron chi connectivity index (χ3n) is 6.42. The largest absolute Gasteiger partial charge is 0.473 e. The second-order valence-corrected chi connectivity index (χ2v) is 10.2. The fourth-order valence-corrected chi connectivity index (χ4v) is 2.99. The van der Waals surface area contributed by atoms with E-state index >= 15 is 0 Å². The number of halogens is 33. The number of hydrogen-bond donors (Lipinski definition) is 0. The van der Waals surface area contributed by atoms with E-state index in [0.29, 0.717) is 0 Å². The van der Waals surface area contributed by atoms with Crippen molar-refractivity contribution in [2.24, 2.45) is 0 Å². The van der Waals surface area contributed by atoms with Gasteiger partial charge >= 0.3 is 101 Å². The quantitative estimate of drug-likeness (QED) is 0.0876. The summed E-state index contributed by atoms with van der Waals surface area (Å²) in [6, 6.07) is 0. The molecule has 0 aromatic carbocycles. The van der Waals surface area contributed by atoms with Gasteiger partial charge in [0, 0.05) is 5.57 Å². The summed E-state index contributed by atoms with van der Waals surface area (Å²) in [5, 5.41) is 0. The summed E-state index contributed by atoms with van der Waals surface area (Å²) >= 11 is 0. The number of hydrogen-bond acceptors (Lipinski definition) is 2. The third kappa shape index (κ3) is 6.13. The van der Waals surface area contributed by atoms with Gasteiger partial charge in [-0.05, 0) is 6.92 Å². The van der Waals surface area contributed by atoms with Crippen LogP contribution < -0.4 is 0 Å². The van der Waals surface area contributed by atoms with Crippen LogP contribution >= 0.6 is 0 Å². The highest BCUT2D eigenvalue weighted by Crippen LogP contribution is 2.70. The smallest absolute Gasteiger partial charge is 0.393 e. The van der Waals surface area contributed by atoms with Crippen molar-refractivity contribution in [1.82, 2.24) is 0 Å². The monoisotopic (exact) mass is 904 g/mol. The molecule has 0 aliphatic carbocycles. The first-order chi connectivity index (χ1) is 23.1. The first-order valence-corrected chi connectivity index (χ1v) is 11.7. The van der Waals surface area contributed by atoms with Gasteiger partial charge in [-0.3, -0.25) is 0 Å². The maximum atomic E-state index is 13.9. The molecule has 328 valence electrons. The fraction of sp³-hybridized carbons (Fsp3) is 0.850. The van der Waals surface area contributed by atoms with E-state index in [9.17, 15) is 150 Å². The van der Waals surface area contributed by atoms with Crippen LogP contribution in [0.3, 0.4) is 0 Å². The van der Waals surface area contributed by atoms with Crippen LogP contribution in [0.5, 0.6) is 0 Å². The fourth-order valence-electron chi connectivity index (χ4n) is 2.99. The van der Waals surface area contributed by atoms with Crippen LogP contribution in [0.25, 0.3) is 0 Å². The molecule has 0 aliphatic heterocycles. The Hall–Kier alpha value is -3.10. The molecule has 0 saturated carbocycles. The Labute approximate surface area is 276 Å². The molecule has 0 atom stereocenters. The lowest BCUT2D eigenvalue weighted by Gasteiger charge is -2.46. The molecule has 0 fully saturated rings. The van der Waals surface area contributed by atoms with Crippen LogP contribution in [0.15, 0.2) is 12.2 Å². The van der Waals surface area contributed by atoms with E-state index in [1.54, 1.807) is 0 Å². The predicted octanol–water partition coefficient (Wildman–Crippen LogP) is 11.2. The van der Waals surface area contributed by atoms with Crippen molar-refractivity contribution in [2.45, 2.75) is 102 Å². The zero-order valence-corrected chi connectivity index (χ0v) is 24.0. The van der Waals surface area contributed by atoms with Crippen LogP contribution in [0.2, 0.25) is 0 Å². The maximum Gasteiger partial charge on any atom is 0.473 e. The SMILES string of the molecule is C=C(C)C(=O)OC(F)(F)C(F)(F)C(F)(F)C(F)(F)C(F)(F)C(F)(F)C(F)(F)C(F)(F)C(F)(F)C(F)(F)C(F)(F)C(F)(F)C(F)(F)C(F)(F)C(F)(F)C(F)(F)F. The van der Waals surface area contributed by atoms with Gasteiger partial charge in [-0.1, -0.05) is 6.58 Å². The van der Waals surface area contributed by atoms with Gasteiger partial charge in [-0.25, -0.2) is 4.79 Å². The number of esters is 1. The van der Waals surface area contributed by atoms with Crippen molar-refractivity contribution < 1.29 is 154 Å². The molecule has 0 spiro atoms. The molecule has 0 aliphatic rings. The highest BCUT2D eigenvalue weighted by molar-refractivity contribution is 5.87. The molecule has 0 N–H and O–H groups in total. The maximum absolute atomic E-state index is 13.9. The average Bonchev–Trinajstić information content (AvgIpc) is 2.94. The Morgan fingerprint density at radius 3 is 0.600 bits per heavy atom. The number of alkyl halides is 33. The summed E-state index contributed by atoms with van der Waals surface area (Å²) in [7, 11) is 0. The highest BCUT2D eigenvalue weighted by atomic mass is 19.4. The Balaban J connectivity index is 7.72. The van der Waals surface area contributed by atoms with Gasteiger partial charge in [0.2, 0.25) is 0 Å².